The molecule has 0 aliphatic heterocycles. The van der Waals surface area contributed by atoms with Crippen molar-refractivity contribution >= 4 is 11.7 Å². The van der Waals surface area contributed by atoms with Crippen molar-refractivity contribution in [2.24, 2.45) is 0 Å². The maximum absolute atomic E-state index is 12.0. The molecule has 1 amide bonds. The van der Waals surface area contributed by atoms with E-state index in [0.717, 1.165) is 19.4 Å². The molecule has 0 fully saturated rings. The molecule has 6 heteroatoms. The molecule has 0 atom stereocenters. The number of carbonyl (C=O) groups excluding carboxylic acids is 2. The molecule has 1 aromatic rings. The van der Waals surface area contributed by atoms with E-state index in [1.807, 2.05) is 0 Å². The van der Waals surface area contributed by atoms with Crippen LogP contribution in [0.1, 0.15) is 52.6 Å². The number of aryl methyl sites for hydroxylation is 1. The Morgan fingerprint density at radius 3 is 2.81 bits per heavy atom. The van der Waals surface area contributed by atoms with Gasteiger partial charge in [0.05, 0.1) is 0 Å². The fraction of sp³-hybridized carbons (Fsp3) is 0.533. The zero-order chi connectivity index (χ0) is 15.2. The summed E-state index contributed by atoms with van der Waals surface area (Å²) < 4.78 is 0. The van der Waals surface area contributed by atoms with Crippen LogP contribution in [-0.2, 0) is 6.42 Å². The first-order chi connectivity index (χ1) is 10.1. The van der Waals surface area contributed by atoms with Crippen LogP contribution in [-0.4, -0.2) is 36.3 Å². The molecule has 1 aliphatic carbocycles. The van der Waals surface area contributed by atoms with Crippen LogP contribution in [0.25, 0.3) is 0 Å². The number of nitrogens with one attached hydrogen (secondary N) is 3. The van der Waals surface area contributed by atoms with Crippen molar-refractivity contribution in [3.63, 3.8) is 0 Å². The normalized spacial score (nSPS) is 13.9. The Labute approximate surface area is 123 Å². The van der Waals surface area contributed by atoms with Crippen LogP contribution in [0.5, 0.6) is 0 Å². The van der Waals surface area contributed by atoms with Crippen LogP contribution >= 0.6 is 0 Å². The Kier molecular flexibility index (Phi) is 5.27. The molecule has 0 radical (unpaired) electrons. The molecule has 0 spiro atoms. The first-order valence-electron chi connectivity index (χ1n) is 7.41. The summed E-state index contributed by atoms with van der Waals surface area (Å²) in [6.07, 6.45) is 2.93. The van der Waals surface area contributed by atoms with Gasteiger partial charge in [-0.25, -0.2) is 0 Å². The number of pyridine rings is 1. The van der Waals surface area contributed by atoms with Gasteiger partial charge in [0.1, 0.15) is 5.56 Å². The summed E-state index contributed by atoms with van der Waals surface area (Å²) >= 11 is 0. The van der Waals surface area contributed by atoms with Gasteiger partial charge in [-0.1, -0.05) is 6.92 Å². The van der Waals surface area contributed by atoms with E-state index in [0.29, 0.717) is 37.2 Å². The summed E-state index contributed by atoms with van der Waals surface area (Å²) in [5.41, 5.74) is 0.717. The first-order valence-corrected chi connectivity index (χ1v) is 7.41. The van der Waals surface area contributed by atoms with Crippen LogP contribution in [0.2, 0.25) is 0 Å². The van der Waals surface area contributed by atoms with E-state index in [1.54, 1.807) is 0 Å². The Bertz CT molecular complexity index is 592. The second kappa shape index (κ2) is 7.17. The minimum Gasteiger partial charge on any atom is -0.351 e. The zero-order valence-corrected chi connectivity index (χ0v) is 12.3. The third-order valence-electron chi connectivity index (χ3n) is 3.51. The molecule has 2 rings (SSSR count). The lowest BCUT2D eigenvalue weighted by molar-refractivity contribution is 0.0952. The summed E-state index contributed by atoms with van der Waals surface area (Å²) in [6.45, 7) is 4.06. The maximum Gasteiger partial charge on any atom is 0.261 e. The van der Waals surface area contributed by atoms with E-state index in [-0.39, 0.29) is 11.3 Å². The van der Waals surface area contributed by atoms with Gasteiger partial charge in [0.25, 0.3) is 11.5 Å². The monoisotopic (exact) mass is 291 g/mol. The smallest absolute Gasteiger partial charge is 0.261 e. The molecule has 114 valence electrons. The van der Waals surface area contributed by atoms with Crippen LogP contribution in [0, 0.1) is 0 Å². The van der Waals surface area contributed by atoms with Crippen molar-refractivity contribution in [2.75, 3.05) is 19.6 Å². The summed E-state index contributed by atoms with van der Waals surface area (Å²) in [7, 11) is 0. The Balaban J connectivity index is 2.05. The molecule has 0 saturated carbocycles. The van der Waals surface area contributed by atoms with Gasteiger partial charge in [-0.15, -0.1) is 0 Å². The fourth-order valence-electron chi connectivity index (χ4n) is 2.41. The van der Waals surface area contributed by atoms with Crippen molar-refractivity contribution in [1.29, 1.82) is 0 Å². The van der Waals surface area contributed by atoms with E-state index >= 15 is 0 Å². The molecule has 21 heavy (non-hydrogen) atoms. The van der Waals surface area contributed by atoms with E-state index in [2.05, 4.69) is 22.5 Å². The summed E-state index contributed by atoms with van der Waals surface area (Å²) in [4.78, 5) is 38.5. The highest BCUT2D eigenvalue weighted by atomic mass is 16.2. The van der Waals surface area contributed by atoms with E-state index < -0.39 is 11.5 Å². The Morgan fingerprint density at radius 1 is 1.24 bits per heavy atom. The maximum atomic E-state index is 12.0. The highest BCUT2D eigenvalue weighted by molar-refractivity contribution is 6.01. The summed E-state index contributed by atoms with van der Waals surface area (Å²) in [6, 6.07) is 1.43. The number of H-pyrrole nitrogens is 1. The second-order valence-corrected chi connectivity index (χ2v) is 5.19. The van der Waals surface area contributed by atoms with Gasteiger partial charge < -0.3 is 15.6 Å². The molecule has 0 aromatic carbocycles. The summed E-state index contributed by atoms with van der Waals surface area (Å²) in [5.74, 6) is -0.443. The third kappa shape index (κ3) is 3.78. The van der Waals surface area contributed by atoms with Gasteiger partial charge in [0, 0.05) is 30.8 Å². The highest BCUT2D eigenvalue weighted by Gasteiger charge is 2.21. The molecular formula is C15H21N3O3. The van der Waals surface area contributed by atoms with E-state index in [1.165, 1.54) is 6.07 Å². The van der Waals surface area contributed by atoms with Gasteiger partial charge in [-0.3, -0.25) is 14.4 Å². The predicted molar refractivity (Wildman–Crippen MR) is 79.8 cm³/mol. The zero-order valence-electron chi connectivity index (χ0n) is 12.3. The van der Waals surface area contributed by atoms with Crippen molar-refractivity contribution < 1.29 is 9.59 Å². The van der Waals surface area contributed by atoms with Gasteiger partial charge in [-0.05, 0) is 31.9 Å². The molecule has 0 saturated heterocycles. The van der Waals surface area contributed by atoms with Crippen molar-refractivity contribution in [3.8, 4) is 0 Å². The number of aromatic amines is 1. The quantitative estimate of drug-likeness (QED) is 0.670. The molecule has 6 nitrogen and oxygen atoms in total. The van der Waals surface area contributed by atoms with Gasteiger partial charge in [0.2, 0.25) is 0 Å². The first kappa shape index (κ1) is 15.4. The third-order valence-corrected chi connectivity index (χ3v) is 3.51. The average Bonchev–Trinajstić information content (AvgIpc) is 2.46. The lowest BCUT2D eigenvalue weighted by Gasteiger charge is -2.15. The number of aromatic nitrogens is 1. The van der Waals surface area contributed by atoms with Gasteiger partial charge in [-0.2, -0.15) is 0 Å². The number of hydrogen-bond donors (Lipinski definition) is 3. The van der Waals surface area contributed by atoms with Gasteiger partial charge >= 0.3 is 0 Å². The highest BCUT2D eigenvalue weighted by Crippen LogP contribution is 2.18. The van der Waals surface area contributed by atoms with Crippen molar-refractivity contribution in [2.45, 2.75) is 32.6 Å². The molecule has 3 N–H and O–H groups in total. The van der Waals surface area contributed by atoms with Crippen molar-refractivity contribution in [3.05, 3.63) is 33.2 Å². The topological polar surface area (TPSA) is 91.1 Å². The van der Waals surface area contributed by atoms with Crippen molar-refractivity contribution in [1.82, 2.24) is 15.6 Å². The van der Waals surface area contributed by atoms with Crippen LogP contribution in [0.3, 0.4) is 0 Å². The van der Waals surface area contributed by atoms with Crippen LogP contribution in [0.4, 0.5) is 0 Å². The Hall–Kier alpha value is -1.95. The lowest BCUT2D eigenvalue weighted by atomic mass is 9.93. The number of hydrogen-bond acceptors (Lipinski definition) is 4. The van der Waals surface area contributed by atoms with E-state index in [4.69, 9.17) is 0 Å². The van der Waals surface area contributed by atoms with E-state index in [9.17, 15) is 14.4 Å². The molecule has 1 aliphatic rings. The largest absolute Gasteiger partial charge is 0.351 e. The predicted octanol–water partition coefficient (Wildman–Crippen LogP) is 0.623. The molecular weight excluding hydrogens is 270 g/mol. The molecule has 1 heterocycles. The molecule has 0 bridgehead atoms. The van der Waals surface area contributed by atoms with Crippen LogP contribution in [0.15, 0.2) is 10.9 Å². The minimum atomic E-state index is -0.435. The number of Topliss-reactive ketones (excluding diaryl/α,β-unsaturated/α-hetero) is 1. The number of ketones is 1. The SMILES string of the molecule is CCCNCCNC(=O)c1cc2c([nH]c1=O)CCCC2=O. The standard InChI is InChI=1S/C15H21N3O3/c1-2-6-16-7-8-17-14(20)11-9-10-12(18-15(11)21)4-3-5-13(10)19/h9,16H,2-8H2,1H3,(H,17,20)(H,18,21). The number of fused-ring (bicyclic) bond motifs is 1. The fourth-order valence-corrected chi connectivity index (χ4v) is 2.41. The van der Waals surface area contributed by atoms with Gasteiger partial charge in [0.15, 0.2) is 5.78 Å². The number of carbonyl (C=O) groups is 2. The Morgan fingerprint density at radius 2 is 2.05 bits per heavy atom. The number of rotatable bonds is 6. The number of amides is 1. The lowest BCUT2D eigenvalue weighted by Crippen LogP contribution is -2.35. The summed E-state index contributed by atoms with van der Waals surface area (Å²) in [5, 5.41) is 5.85. The minimum absolute atomic E-state index is 0.00818. The van der Waals surface area contributed by atoms with Crippen LogP contribution < -0.4 is 16.2 Å². The molecule has 1 aromatic heterocycles. The second-order valence-electron chi connectivity index (χ2n) is 5.19. The molecule has 0 unspecified atom stereocenters. The average molecular weight is 291 g/mol.